The number of esters is 2. The fourth-order valence-corrected chi connectivity index (χ4v) is 3.30. The second-order valence-corrected chi connectivity index (χ2v) is 11.3. The molecule has 0 aliphatic rings. The molecule has 190 valence electrons. The van der Waals surface area contributed by atoms with Crippen LogP contribution in [0, 0.1) is 0 Å². The molecule has 0 amide bonds. The van der Waals surface area contributed by atoms with Gasteiger partial charge in [0.25, 0.3) is 0 Å². The number of carbonyl (C=O) groups is 2. The Balaban J connectivity index is 5.45. The number of β-amino-alcohol motifs (C(OH)–C–C–N with tert-alkyl or cyclic N) is 1. The van der Waals surface area contributed by atoms with Crippen LogP contribution in [0.2, 0.25) is 0 Å². The molecule has 0 saturated heterocycles. The van der Waals surface area contributed by atoms with Crippen molar-refractivity contribution in [3.05, 3.63) is 0 Å². The number of rotatable bonds is 13. The van der Waals surface area contributed by atoms with E-state index in [1.807, 2.05) is 62.3 Å². The minimum atomic E-state index is -0.992. The van der Waals surface area contributed by atoms with Gasteiger partial charge in [-0.15, -0.1) is 0 Å². The Morgan fingerprint density at radius 1 is 0.781 bits per heavy atom. The first kappa shape index (κ1) is 30.8. The van der Waals surface area contributed by atoms with Crippen LogP contribution in [-0.2, 0) is 23.8 Å². The predicted molar refractivity (Wildman–Crippen MR) is 124 cm³/mol. The van der Waals surface area contributed by atoms with Crippen molar-refractivity contribution in [2.24, 2.45) is 0 Å². The summed E-state index contributed by atoms with van der Waals surface area (Å²) in [6, 6.07) is 0. The highest BCUT2D eigenvalue weighted by atomic mass is 16.6. The van der Waals surface area contributed by atoms with Gasteiger partial charge in [0.15, 0.2) is 6.29 Å². The largest absolute Gasteiger partial charge is 0.460 e. The third kappa shape index (κ3) is 16.4. The highest BCUT2D eigenvalue weighted by Gasteiger charge is 2.33. The van der Waals surface area contributed by atoms with Gasteiger partial charge in [0.1, 0.15) is 11.2 Å². The molecule has 0 aromatic heterocycles. The maximum atomic E-state index is 12.4. The molecule has 0 aromatic carbocycles. The molecule has 0 heterocycles. The molecule has 0 spiro atoms. The smallest absolute Gasteiger partial charge is 0.306 e. The van der Waals surface area contributed by atoms with Gasteiger partial charge >= 0.3 is 11.9 Å². The number of hydrogen-bond acceptors (Lipinski definition) is 8. The molecule has 3 N–H and O–H groups in total. The maximum absolute atomic E-state index is 12.4. The van der Waals surface area contributed by atoms with Gasteiger partial charge in [0.05, 0.1) is 12.2 Å². The summed E-state index contributed by atoms with van der Waals surface area (Å²) in [4.78, 5) is 24.7. The summed E-state index contributed by atoms with van der Waals surface area (Å²) in [6.45, 7) is 16.6. The number of aliphatic hydroxyl groups excluding tert-OH is 2. The molecule has 0 aromatic rings. The minimum absolute atomic E-state index is 0.0956. The summed E-state index contributed by atoms with van der Waals surface area (Å²) in [5.74, 6) is -0.673. The third-order valence-corrected chi connectivity index (χ3v) is 4.43. The fraction of sp³-hybridized carbons (Fsp3) is 0.917. The lowest BCUT2D eigenvalue weighted by molar-refractivity contribution is -0.170. The van der Waals surface area contributed by atoms with Gasteiger partial charge in [-0.2, -0.15) is 0 Å². The highest BCUT2D eigenvalue weighted by molar-refractivity contribution is 5.70. The molecule has 1 atom stereocenters. The Bertz CT molecular complexity index is 538. The molecule has 0 aliphatic carbocycles. The van der Waals surface area contributed by atoms with Crippen LogP contribution in [0.25, 0.3) is 0 Å². The Hall–Kier alpha value is -1.22. The number of ether oxygens (including phenoxy) is 3. The second kappa shape index (κ2) is 12.9. The van der Waals surface area contributed by atoms with Gasteiger partial charge in [-0.1, -0.05) is 0 Å². The van der Waals surface area contributed by atoms with Crippen molar-refractivity contribution in [1.29, 1.82) is 0 Å². The Morgan fingerprint density at radius 2 is 1.22 bits per heavy atom. The molecule has 8 nitrogen and oxygen atoms in total. The first-order valence-corrected chi connectivity index (χ1v) is 11.5. The van der Waals surface area contributed by atoms with Crippen molar-refractivity contribution in [3.8, 4) is 0 Å². The highest BCUT2D eigenvalue weighted by Crippen LogP contribution is 2.29. The lowest BCUT2D eigenvalue weighted by atomic mass is 9.83. The van der Waals surface area contributed by atoms with Crippen LogP contribution in [0.15, 0.2) is 0 Å². The monoisotopic (exact) mass is 461 g/mol. The average molecular weight is 462 g/mol. The zero-order valence-electron chi connectivity index (χ0n) is 21.7. The average Bonchev–Trinajstić information content (AvgIpc) is 2.56. The quantitative estimate of drug-likeness (QED) is 0.282. The van der Waals surface area contributed by atoms with Crippen molar-refractivity contribution in [3.63, 3.8) is 0 Å². The van der Waals surface area contributed by atoms with E-state index in [-0.39, 0.29) is 31.4 Å². The standard InChI is InChI=1S/C24H47NO7/c1-21(2,3)30-18(27)10-13-24(25-16-17-26,14-11-19(28)31-22(4,5)6)15-12-20(29)32-23(7,8)9/h18,25-27H,10-17H2,1-9H3. The normalized spacial score (nSPS) is 14.2. The topological polar surface area (TPSA) is 114 Å². The van der Waals surface area contributed by atoms with Crippen molar-refractivity contribution in [2.75, 3.05) is 13.2 Å². The minimum Gasteiger partial charge on any atom is -0.460 e. The van der Waals surface area contributed by atoms with E-state index >= 15 is 0 Å². The van der Waals surface area contributed by atoms with Gasteiger partial charge < -0.3 is 29.7 Å². The van der Waals surface area contributed by atoms with Gasteiger partial charge in [-0.25, -0.2) is 0 Å². The summed E-state index contributed by atoms with van der Waals surface area (Å²) in [6.07, 6.45) is 0.794. The van der Waals surface area contributed by atoms with E-state index in [1.54, 1.807) is 0 Å². The summed E-state index contributed by atoms with van der Waals surface area (Å²) in [7, 11) is 0. The van der Waals surface area contributed by atoms with Crippen LogP contribution < -0.4 is 5.32 Å². The molecule has 0 fully saturated rings. The molecule has 0 aliphatic heterocycles. The first-order chi connectivity index (χ1) is 14.4. The number of aliphatic hydroxyl groups is 2. The maximum Gasteiger partial charge on any atom is 0.306 e. The molecule has 32 heavy (non-hydrogen) atoms. The fourth-order valence-electron chi connectivity index (χ4n) is 3.30. The van der Waals surface area contributed by atoms with Crippen LogP contribution in [-0.4, -0.2) is 63.9 Å². The van der Waals surface area contributed by atoms with Gasteiger partial charge in [0, 0.05) is 24.9 Å². The number of hydrogen-bond donors (Lipinski definition) is 3. The van der Waals surface area contributed by atoms with Gasteiger partial charge in [-0.3, -0.25) is 9.59 Å². The second-order valence-electron chi connectivity index (χ2n) is 11.3. The Labute approximate surface area is 194 Å². The molecule has 0 rings (SSSR count). The molecule has 8 heteroatoms. The van der Waals surface area contributed by atoms with Gasteiger partial charge in [0.2, 0.25) is 0 Å². The Kier molecular flexibility index (Phi) is 12.4. The molecule has 0 radical (unpaired) electrons. The first-order valence-electron chi connectivity index (χ1n) is 11.5. The summed E-state index contributed by atoms with van der Waals surface area (Å²) in [5, 5.41) is 23.1. The molecular weight excluding hydrogens is 414 g/mol. The van der Waals surface area contributed by atoms with Crippen LogP contribution in [0.5, 0.6) is 0 Å². The third-order valence-electron chi connectivity index (χ3n) is 4.43. The predicted octanol–water partition coefficient (Wildman–Crippen LogP) is 3.46. The number of carbonyl (C=O) groups excluding carboxylic acids is 2. The van der Waals surface area contributed by atoms with Crippen molar-refractivity contribution in [2.45, 2.75) is 129 Å². The summed E-state index contributed by atoms with van der Waals surface area (Å²) >= 11 is 0. The lowest BCUT2D eigenvalue weighted by Gasteiger charge is -2.37. The zero-order chi connectivity index (χ0) is 25.2. The van der Waals surface area contributed by atoms with E-state index in [9.17, 15) is 19.8 Å². The molecular formula is C24H47NO7. The van der Waals surface area contributed by atoms with Crippen molar-refractivity contribution < 1.29 is 34.0 Å². The van der Waals surface area contributed by atoms with E-state index in [1.165, 1.54) is 0 Å². The van der Waals surface area contributed by atoms with E-state index in [0.717, 1.165) is 0 Å². The van der Waals surface area contributed by atoms with Crippen LogP contribution >= 0.6 is 0 Å². The van der Waals surface area contributed by atoms with E-state index in [0.29, 0.717) is 32.2 Å². The van der Waals surface area contributed by atoms with Crippen LogP contribution in [0.1, 0.15) is 101 Å². The van der Waals surface area contributed by atoms with E-state index in [2.05, 4.69) is 5.32 Å². The van der Waals surface area contributed by atoms with Crippen LogP contribution in [0.4, 0.5) is 0 Å². The van der Waals surface area contributed by atoms with Gasteiger partial charge in [-0.05, 0) is 88.0 Å². The lowest BCUT2D eigenvalue weighted by Crippen LogP contribution is -2.48. The van der Waals surface area contributed by atoms with Crippen molar-refractivity contribution in [1.82, 2.24) is 5.32 Å². The molecule has 0 saturated carbocycles. The summed E-state index contributed by atoms with van der Waals surface area (Å²) < 4.78 is 16.5. The van der Waals surface area contributed by atoms with E-state index in [4.69, 9.17) is 14.2 Å². The van der Waals surface area contributed by atoms with Crippen molar-refractivity contribution >= 4 is 11.9 Å². The van der Waals surface area contributed by atoms with E-state index < -0.39 is 28.6 Å². The Morgan fingerprint density at radius 3 is 1.56 bits per heavy atom. The molecule has 1 unspecified atom stereocenters. The SMILES string of the molecule is CC(C)(C)OC(=O)CCC(CCC(=O)OC(C)(C)C)(CCC(O)OC(C)(C)C)NCCO. The molecule has 0 bridgehead atoms. The number of nitrogens with one attached hydrogen (secondary N) is 1. The van der Waals surface area contributed by atoms with Crippen LogP contribution in [0.3, 0.4) is 0 Å². The zero-order valence-corrected chi connectivity index (χ0v) is 21.7. The summed E-state index contributed by atoms with van der Waals surface area (Å²) in [5.41, 5.74) is -2.37.